The van der Waals surface area contributed by atoms with Crippen LogP contribution >= 0.6 is 0 Å². The van der Waals surface area contributed by atoms with Crippen molar-refractivity contribution >= 4 is 28.0 Å². The third-order valence-electron chi connectivity index (χ3n) is 4.10. The topological polar surface area (TPSA) is 4.93 Å². The fourth-order valence-electron chi connectivity index (χ4n) is 2.76. The molecule has 1 heterocycles. The Hall–Kier alpha value is -2.02. The Kier molecular flexibility index (Phi) is 2.90. The zero-order chi connectivity index (χ0) is 13.4. The summed E-state index contributed by atoms with van der Waals surface area (Å²) in [6.45, 7) is 8.46. The van der Waals surface area contributed by atoms with E-state index in [1.165, 1.54) is 33.8 Å². The molecule has 0 aliphatic carbocycles. The first-order chi connectivity index (χ1) is 9.26. The Bertz CT molecular complexity index is 749. The molecule has 0 aliphatic rings. The van der Waals surface area contributed by atoms with E-state index in [4.69, 9.17) is 0 Å². The van der Waals surface area contributed by atoms with Crippen molar-refractivity contribution in [2.75, 3.05) is 0 Å². The van der Waals surface area contributed by atoms with E-state index in [0.717, 1.165) is 0 Å². The monoisotopic (exact) mass is 249 g/mol. The second kappa shape index (κ2) is 4.58. The third kappa shape index (κ3) is 1.77. The van der Waals surface area contributed by atoms with Crippen molar-refractivity contribution in [2.24, 2.45) is 0 Å². The van der Waals surface area contributed by atoms with Crippen LogP contribution in [-0.4, -0.2) is 4.57 Å². The second-order valence-corrected chi connectivity index (χ2v) is 5.16. The first-order valence-electron chi connectivity index (χ1n) is 6.91. The van der Waals surface area contributed by atoms with E-state index in [1.807, 2.05) is 6.20 Å². The van der Waals surface area contributed by atoms with E-state index in [9.17, 15) is 0 Å². The summed E-state index contributed by atoms with van der Waals surface area (Å²) in [7, 11) is 0. The van der Waals surface area contributed by atoms with Gasteiger partial charge in [0, 0.05) is 17.0 Å². The summed E-state index contributed by atoms with van der Waals surface area (Å²) in [5, 5.41) is 2.64. The van der Waals surface area contributed by atoms with Gasteiger partial charge in [0.1, 0.15) is 0 Å². The number of hydrogen-bond acceptors (Lipinski definition) is 0. The van der Waals surface area contributed by atoms with Crippen LogP contribution in [0, 0.1) is 0 Å². The molecule has 0 saturated heterocycles. The van der Waals surface area contributed by atoms with E-state index in [0.29, 0.717) is 5.92 Å². The molecule has 0 bridgehead atoms. The Balaban J connectivity index is 2.39. The highest BCUT2D eigenvalue weighted by Gasteiger charge is 2.10. The number of hydrogen-bond donors (Lipinski definition) is 0. The summed E-state index contributed by atoms with van der Waals surface area (Å²) < 4.78 is 2.17. The first-order valence-corrected chi connectivity index (χ1v) is 6.91. The number of nitrogens with zero attached hydrogens (tertiary/aromatic N) is 1. The predicted octanol–water partition coefficient (Wildman–Crippen LogP) is 5.41. The highest BCUT2D eigenvalue weighted by atomic mass is 14.9. The molecule has 0 N–H and O–H groups in total. The van der Waals surface area contributed by atoms with Gasteiger partial charge in [0.05, 0.1) is 11.0 Å². The van der Waals surface area contributed by atoms with Crippen LogP contribution in [0.4, 0.5) is 0 Å². The summed E-state index contributed by atoms with van der Waals surface area (Å²) >= 11 is 0. The molecule has 3 rings (SSSR count). The van der Waals surface area contributed by atoms with Crippen LogP contribution < -0.4 is 0 Å². The number of fused-ring (bicyclic) bond motifs is 3. The Morgan fingerprint density at radius 1 is 1.11 bits per heavy atom. The van der Waals surface area contributed by atoms with Gasteiger partial charge in [-0.2, -0.15) is 0 Å². The Morgan fingerprint density at radius 3 is 2.58 bits per heavy atom. The molecule has 1 aromatic heterocycles. The van der Waals surface area contributed by atoms with E-state index in [-0.39, 0.29) is 0 Å². The molecule has 19 heavy (non-hydrogen) atoms. The lowest BCUT2D eigenvalue weighted by atomic mass is 9.97. The number of rotatable bonds is 3. The lowest BCUT2D eigenvalue weighted by Crippen LogP contribution is -1.91. The molecule has 1 atom stereocenters. The molecule has 3 aromatic rings. The fourth-order valence-corrected chi connectivity index (χ4v) is 2.76. The minimum Gasteiger partial charge on any atom is -0.317 e. The minimum absolute atomic E-state index is 0.607. The van der Waals surface area contributed by atoms with Crippen molar-refractivity contribution in [1.29, 1.82) is 0 Å². The second-order valence-electron chi connectivity index (χ2n) is 5.16. The number of para-hydroxylation sites is 1. The predicted molar refractivity (Wildman–Crippen MR) is 84.5 cm³/mol. The lowest BCUT2D eigenvalue weighted by Gasteiger charge is -2.09. The van der Waals surface area contributed by atoms with Crippen molar-refractivity contribution in [2.45, 2.75) is 26.2 Å². The maximum Gasteiger partial charge on any atom is 0.0534 e. The van der Waals surface area contributed by atoms with Gasteiger partial charge in [0.2, 0.25) is 0 Å². The molecule has 0 radical (unpaired) electrons. The van der Waals surface area contributed by atoms with Gasteiger partial charge in [-0.3, -0.25) is 0 Å². The fraction of sp³-hybridized carbons (Fsp3) is 0.222. The average molecular weight is 249 g/mol. The van der Waals surface area contributed by atoms with Crippen LogP contribution in [0.2, 0.25) is 0 Å². The Morgan fingerprint density at radius 2 is 1.84 bits per heavy atom. The largest absolute Gasteiger partial charge is 0.317 e. The van der Waals surface area contributed by atoms with Gasteiger partial charge in [-0.1, -0.05) is 44.7 Å². The van der Waals surface area contributed by atoms with Crippen molar-refractivity contribution in [3.05, 3.63) is 54.6 Å². The van der Waals surface area contributed by atoms with Gasteiger partial charge < -0.3 is 4.57 Å². The minimum atomic E-state index is 0.607. The highest BCUT2D eigenvalue weighted by molar-refractivity contribution is 6.09. The molecule has 0 saturated carbocycles. The summed E-state index contributed by atoms with van der Waals surface area (Å²) in [5.41, 5.74) is 3.89. The van der Waals surface area contributed by atoms with Gasteiger partial charge in [-0.05, 0) is 36.1 Å². The van der Waals surface area contributed by atoms with Crippen molar-refractivity contribution in [3.63, 3.8) is 0 Å². The molecule has 0 amide bonds. The van der Waals surface area contributed by atoms with Crippen molar-refractivity contribution in [1.82, 2.24) is 4.57 Å². The molecular formula is C18H19N. The normalized spacial score (nSPS) is 12.9. The van der Waals surface area contributed by atoms with E-state index < -0.39 is 0 Å². The van der Waals surface area contributed by atoms with Crippen LogP contribution in [0.1, 0.15) is 31.7 Å². The smallest absolute Gasteiger partial charge is 0.0534 e. The maximum absolute atomic E-state index is 3.94. The van der Waals surface area contributed by atoms with Crippen LogP contribution in [0.15, 0.2) is 49.0 Å². The summed E-state index contributed by atoms with van der Waals surface area (Å²) in [4.78, 5) is 0. The lowest BCUT2D eigenvalue weighted by molar-refractivity contribution is 0.735. The highest BCUT2D eigenvalue weighted by Crippen LogP contribution is 2.32. The van der Waals surface area contributed by atoms with Crippen LogP contribution in [0.5, 0.6) is 0 Å². The van der Waals surface area contributed by atoms with Crippen molar-refractivity contribution < 1.29 is 0 Å². The Labute approximate surface area is 114 Å². The van der Waals surface area contributed by atoms with Gasteiger partial charge in [0.25, 0.3) is 0 Å². The van der Waals surface area contributed by atoms with Gasteiger partial charge in [-0.15, -0.1) is 0 Å². The van der Waals surface area contributed by atoms with E-state index >= 15 is 0 Å². The molecule has 0 aliphatic heterocycles. The SMILES string of the molecule is C=Cn1c2ccccc2c2cc(C(C)CC)ccc21. The average Bonchev–Trinajstić information content (AvgIpc) is 2.79. The summed E-state index contributed by atoms with van der Waals surface area (Å²) in [6.07, 6.45) is 3.07. The summed E-state index contributed by atoms with van der Waals surface area (Å²) in [6, 6.07) is 15.3. The molecule has 1 nitrogen and oxygen atoms in total. The molecule has 0 spiro atoms. The van der Waals surface area contributed by atoms with Crippen LogP contribution in [-0.2, 0) is 0 Å². The van der Waals surface area contributed by atoms with E-state index in [1.54, 1.807) is 0 Å². The molecule has 0 fully saturated rings. The van der Waals surface area contributed by atoms with Crippen molar-refractivity contribution in [3.8, 4) is 0 Å². The summed E-state index contributed by atoms with van der Waals surface area (Å²) in [5.74, 6) is 0.607. The van der Waals surface area contributed by atoms with Crippen LogP contribution in [0.25, 0.3) is 28.0 Å². The zero-order valence-corrected chi connectivity index (χ0v) is 11.6. The number of benzene rings is 2. The van der Waals surface area contributed by atoms with Crippen LogP contribution in [0.3, 0.4) is 0 Å². The first kappa shape index (κ1) is 12.0. The molecule has 96 valence electrons. The van der Waals surface area contributed by atoms with Gasteiger partial charge in [-0.25, -0.2) is 0 Å². The zero-order valence-electron chi connectivity index (χ0n) is 11.6. The quantitative estimate of drug-likeness (QED) is 0.585. The van der Waals surface area contributed by atoms with Gasteiger partial charge in [0.15, 0.2) is 0 Å². The van der Waals surface area contributed by atoms with Gasteiger partial charge >= 0.3 is 0 Å². The maximum atomic E-state index is 3.94. The standard InChI is InChI=1S/C18H19N/c1-4-13(3)14-10-11-18-16(12-14)15-8-6-7-9-17(15)19(18)5-2/h5-13H,2,4H2,1,3H3. The number of aromatic nitrogens is 1. The third-order valence-corrected chi connectivity index (χ3v) is 4.10. The molecule has 1 heteroatoms. The molecular weight excluding hydrogens is 230 g/mol. The van der Waals surface area contributed by atoms with E-state index in [2.05, 4.69) is 67.5 Å². The molecule has 2 aromatic carbocycles. The molecule has 1 unspecified atom stereocenters.